The smallest absolute Gasteiger partial charge is 0.309 e. The third-order valence-corrected chi connectivity index (χ3v) is 15.4. The zero-order valence-corrected chi connectivity index (χ0v) is 49.7. The third kappa shape index (κ3) is 18.7. The monoisotopic (exact) mass is 1210 g/mol. The summed E-state index contributed by atoms with van der Waals surface area (Å²) in [6, 6.07) is 72.2. The van der Waals surface area contributed by atoms with Crippen LogP contribution in [-0.2, 0) is 121 Å². The normalized spacial score (nSPS) is 21.7. The van der Waals surface area contributed by atoms with Gasteiger partial charge in [-0.2, -0.15) is 0 Å². The van der Waals surface area contributed by atoms with Crippen molar-refractivity contribution in [3.05, 3.63) is 290 Å². The molecule has 17 heteroatoms. The van der Waals surface area contributed by atoms with E-state index in [1.54, 1.807) is 18.2 Å². The largest absolute Gasteiger partial charge is 0.469 e. The number of carbonyl (C=O) groups excluding carboxylic acids is 1. The van der Waals surface area contributed by atoms with Crippen LogP contribution in [-0.4, -0.2) is 87.7 Å². The number of hydrogen-bond donors (Lipinski definition) is 0. The van der Waals surface area contributed by atoms with Gasteiger partial charge in [-0.05, 0) is 61.7 Å². The molecule has 8 aromatic rings. The van der Waals surface area contributed by atoms with Gasteiger partial charge < -0.3 is 56.8 Å². The maximum Gasteiger partial charge on any atom is 0.309 e. The van der Waals surface area contributed by atoms with E-state index in [9.17, 15) is 4.79 Å². The number of carbonyl (C=O) groups is 1. The first-order valence-corrected chi connectivity index (χ1v) is 29.8. The molecule has 0 radical (unpaired) electrons. The van der Waals surface area contributed by atoms with Crippen molar-refractivity contribution in [1.82, 2.24) is 0 Å². The van der Waals surface area contributed by atoms with Crippen LogP contribution < -0.4 is 0 Å². The molecule has 2 aliphatic heterocycles. The highest BCUT2D eigenvalue weighted by Crippen LogP contribution is 2.36. The molecule has 2 aliphatic rings. The Kier molecular flexibility index (Phi) is 24.3. The first-order valence-electron chi connectivity index (χ1n) is 29.4. The maximum atomic E-state index is 12.2. The lowest BCUT2D eigenvalue weighted by Gasteiger charge is -2.48. The van der Waals surface area contributed by atoms with Gasteiger partial charge in [0, 0.05) is 4.91 Å². The molecule has 0 aliphatic carbocycles. The average molecular weight is 1210 g/mol. The predicted molar refractivity (Wildman–Crippen MR) is 330 cm³/mol. The predicted octanol–water partition coefficient (Wildman–Crippen LogP) is 13.7. The van der Waals surface area contributed by atoms with Crippen LogP contribution >= 0.6 is 11.6 Å². The summed E-state index contributed by atoms with van der Waals surface area (Å²) in [5.74, 6) is -0.336. The summed E-state index contributed by atoms with van der Waals surface area (Å²) >= 11 is 6.55. The van der Waals surface area contributed by atoms with E-state index >= 15 is 0 Å². The first kappa shape index (κ1) is 63.4. The van der Waals surface area contributed by atoms with Gasteiger partial charge in [0.05, 0.1) is 90.3 Å². The summed E-state index contributed by atoms with van der Waals surface area (Å²) in [5.41, 5.74) is 17.4. The summed E-state index contributed by atoms with van der Waals surface area (Å²) in [5, 5.41) is 3.99. The molecular weight excluding hydrogens is 1140 g/mol. The fraction of sp³-hybridized carbons (Fsp3) is 0.310. The van der Waals surface area contributed by atoms with Crippen LogP contribution in [0.15, 0.2) is 230 Å². The highest BCUT2D eigenvalue weighted by molar-refractivity contribution is 6.33. The Balaban J connectivity index is 1.02. The molecule has 10 atom stereocenters. The lowest BCUT2D eigenvalue weighted by molar-refractivity contribution is -0.354. The summed E-state index contributed by atoms with van der Waals surface area (Å²) in [4.78, 5) is 15.1. The van der Waals surface area contributed by atoms with Crippen LogP contribution in [0.2, 0.25) is 5.02 Å². The number of halogens is 1. The minimum absolute atomic E-state index is 0.0177. The Morgan fingerprint density at radius 3 is 1.15 bits per heavy atom. The molecule has 0 amide bonds. The Bertz CT molecular complexity index is 3380. The lowest BCUT2D eigenvalue weighted by atomic mass is 9.96. The SMILES string of the molecule is COC(=O)Cc1ccc(CO[C@H]2O[C@H](CO[C@H]3O[C@H](COCc4ccc(N=[N+]=[N-])c(Cl)c4)[C@@H](OCc4ccccc4)[C@H](OCc4ccccc4)[C@H]3OCc3ccccc3)[C@@H](OCc3ccccc3)[C@H](OCc3ccccc3)[C@H]2OCc2ccccc2)cc1. The molecule has 0 saturated carbocycles. The first-order chi connectivity index (χ1) is 43.3. The van der Waals surface area contributed by atoms with Crippen molar-refractivity contribution in [1.29, 1.82) is 0 Å². The van der Waals surface area contributed by atoms with Crippen molar-refractivity contribution in [2.75, 3.05) is 20.3 Å². The molecule has 88 heavy (non-hydrogen) atoms. The molecule has 2 heterocycles. The Labute approximate surface area is 518 Å². The van der Waals surface area contributed by atoms with E-state index in [0.29, 0.717) is 5.69 Å². The van der Waals surface area contributed by atoms with Gasteiger partial charge in [0.2, 0.25) is 0 Å². The number of esters is 1. The molecule has 8 aromatic carbocycles. The van der Waals surface area contributed by atoms with Crippen LogP contribution in [0, 0.1) is 0 Å². The average Bonchev–Trinajstić information content (AvgIpc) is 2.79. The van der Waals surface area contributed by atoms with E-state index < -0.39 is 61.4 Å². The summed E-state index contributed by atoms with van der Waals surface area (Å²) in [6.07, 6.45) is -8.76. The molecule has 0 unspecified atom stereocenters. The summed E-state index contributed by atoms with van der Waals surface area (Å²) in [7, 11) is 1.37. The van der Waals surface area contributed by atoms with E-state index in [-0.39, 0.29) is 83.5 Å². The minimum Gasteiger partial charge on any atom is -0.469 e. The van der Waals surface area contributed by atoms with Crippen LogP contribution in [0.3, 0.4) is 0 Å². The van der Waals surface area contributed by atoms with Crippen molar-refractivity contribution >= 4 is 23.3 Å². The van der Waals surface area contributed by atoms with Gasteiger partial charge in [-0.15, -0.1) is 0 Å². The van der Waals surface area contributed by atoms with Crippen LogP contribution in [0.5, 0.6) is 0 Å². The van der Waals surface area contributed by atoms with Crippen LogP contribution in [0.1, 0.15) is 50.1 Å². The maximum absolute atomic E-state index is 12.2. The molecule has 16 nitrogen and oxygen atoms in total. The van der Waals surface area contributed by atoms with E-state index in [0.717, 1.165) is 50.1 Å². The molecule has 10 rings (SSSR count). The summed E-state index contributed by atoms with van der Waals surface area (Å²) < 4.78 is 82.1. The zero-order valence-electron chi connectivity index (χ0n) is 48.9. The van der Waals surface area contributed by atoms with Gasteiger partial charge >= 0.3 is 5.97 Å². The highest BCUT2D eigenvalue weighted by atomic mass is 35.5. The second kappa shape index (κ2) is 33.7. The zero-order chi connectivity index (χ0) is 60.5. The van der Waals surface area contributed by atoms with Gasteiger partial charge in [0.1, 0.15) is 48.8 Å². The van der Waals surface area contributed by atoms with Gasteiger partial charge in [0.25, 0.3) is 0 Å². The standard InChI is InChI=1S/C71H72ClN3O13/c1-77-63(76)39-50-32-34-57(35-33-50)47-85-70-68(83-45-55-28-16-6-17-29-55)67(82-44-54-26-14-5-15-27-54)65(80-42-52-22-10-3-11-23-52)62(88-70)49-86-71-69(84-46-56-30-18-7-19-31-56)66(81-43-53-24-12-4-13-25-53)64(79-41-51-20-8-2-9-21-51)61(87-71)48-78-40-58-36-37-60(74-75-73)59(72)38-58/h2-38,61-62,64-71H,39-49H2,1H3/t61-,62-,64-,65-,66+,67+,68-,69-,70+,71+/m1/s1. The molecule has 0 bridgehead atoms. The van der Waals surface area contributed by atoms with E-state index in [2.05, 4.69) is 10.0 Å². The van der Waals surface area contributed by atoms with Crippen molar-refractivity contribution in [3.8, 4) is 0 Å². The van der Waals surface area contributed by atoms with Gasteiger partial charge in [-0.25, -0.2) is 0 Å². The second-order valence-corrected chi connectivity index (χ2v) is 21.8. The quantitative estimate of drug-likeness (QED) is 0.0174. The van der Waals surface area contributed by atoms with Gasteiger partial charge in [0.15, 0.2) is 12.6 Å². The number of nitrogens with zero attached hydrogens (tertiary/aromatic N) is 3. The number of ether oxygens (including phenoxy) is 12. The van der Waals surface area contributed by atoms with Gasteiger partial charge in [-0.3, -0.25) is 4.79 Å². The lowest BCUT2D eigenvalue weighted by Crippen LogP contribution is -2.64. The number of methoxy groups -OCH3 is 1. The molecule has 0 N–H and O–H groups in total. The molecule has 2 fully saturated rings. The third-order valence-electron chi connectivity index (χ3n) is 15.0. The molecule has 2 saturated heterocycles. The highest BCUT2D eigenvalue weighted by Gasteiger charge is 2.52. The number of azide groups is 1. The Morgan fingerprint density at radius 1 is 0.409 bits per heavy atom. The van der Waals surface area contributed by atoms with Crippen LogP contribution in [0.4, 0.5) is 5.69 Å². The van der Waals surface area contributed by atoms with Crippen molar-refractivity contribution in [2.45, 2.75) is 121 Å². The molecule has 0 aromatic heterocycles. The number of benzene rings is 8. The van der Waals surface area contributed by atoms with Crippen molar-refractivity contribution in [3.63, 3.8) is 0 Å². The van der Waals surface area contributed by atoms with E-state index in [4.69, 9.17) is 74.0 Å². The number of hydrogen-bond acceptors (Lipinski definition) is 14. The second-order valence-electron chi connectivity index (χ2n) is 21.4. The van der Waals surface area contributed by atoms with Crippen molar-refractivity contribution in [2.24, 2.45) is 5.11 Å². The minimum atomic E-state index is -1.13. The topological polar surface area (TPSA) is 177 Å². The summed E-state index contributed by atoms with van der Waals surface area (Å²) in [6.45, 7) is 1.35. The fourth-order valence-corrected chi connectivity index (χ4v) is 10.7. The molecular formula is C71H72ClN3O13. The van der Waals surface area contributed by atoms with E-state index in [1.165, 1.54) is 7.11 Å². The van der Waals surface area contributed by atoms with Crippen LogP contribution in [0.25, 0.3) is 10.4 Å². The Morgan fingerprint density at radius 2 is 0.750 bits per heavy atom. The number of rotatable bonds is 31. The van der Waals surface area contributed by atoms with E-state index in [1.807, 2.05) is 206 Å². The van der Waals surface area contributed by atoms with Gasteiger partial charge in [-0.1, -0.05) is 235 Å². The molecule has 456 valence electrons. The van der Waals surface area contributed by atoms with Crippen molar-refractivity contribution < 1.29 is 61.6 Å². The molecule has 0 spiro atoms. The fourth-order valence-electron chi connectivity index (χ4n) is 10.5. The Hall–Kier alpha value is -7.61.